The third-order valence-corrected chi connectivity index (χ3v) is 6.68. The van der Waals surface area contributed by atoms with Gasteiger partial charge in [-0.1, -0.05) is 40.2 Å². The lowest BCUT2D eigenvalue weighted by molar-refractivity contribution is -0.113. The van der Waals surface area contributed by atoms with Crippen LogP contribution in [-0.2, 0) is 4.79 Å². The van der Waals surface area contributed by atoms with Crippen molar-refractivity contribution in [1.29, 1.82) is 0 Å². The van der Waals surface area contributed by atoms with Gasteiger partial charge in [0, 0.05) is 15.9 Å². The Morgan fingerprint density at radius 1 is 1.00 bits per heavy atom. The number of aromatic nitrogens is 2. The van der Waals surface area contributed by atoms with Crippen molar-refractivity contribution in [3.63, 3.8) is 0 Å². The second kappa shape index (κ2) is 10.5. The zero-order valence-electron chi connectivity index (χ0n) is 20.5. The van der Waals surface area contributed by atoms with Crippen molar-refractivity contribution in [2.45, 2.75) is 13.0 Å². The second-order valence-electron chi connectivity index (χ2n) is 8.58. The molecule has 0 fully saturated rings. The number of halogens is 2. The molecule has 5 rings (SSSR count). The molecule has 0 spiro atoms. The van der Waals surface area contributed by atoms with Crippen molar-refractivity contribution in [2.24, 2.45) is 0 Å². The minimum atomic E-state index is -0.624. The van der Waals surface area contributed by atoms with Crippen molar-refractivity contribution >= 4 is 44.9 Å². The fourth-order valence-electron chi connectivity index (χ4n) is 4.34. The van der Waals surface area contributed by atoms with Gasteiger partial charge < -0.3 is 20.7 Å². The number of methoxy groups -OCH3 is 1. The Labute approximate surface area is 226 Å². The third-order valence-electron chi connectivity index (χ3n) is 6.16. The summed E-state index contributed by atoms with van der Waals surface area (Å²) in [6, 6.07) is 19.6. The summed E-state index contributed by atoms with van der Waals surface area (Å²) in [6.07, 6.45) is 1.45. The first-order chi connectivity index (χ1) is 18.4. The smallest absolute Gasteiger partial charge is 0.261 e. The molecule has 0 aliphatic carbocycles. The summed E-state index contributed by atoms with van der Waals surface area (Å²) in [6.45, 7) is 1.78. The van der Waals surface area contributed by atoms with Crippen LogP contribution in [-0.4, -0.2) is 28.7 Å². The van der Waals surface area contributed by atoms with Gasteiger partial charge in [0.05, 0.1) is 24.6 Å². The molecule has 2 amide bonds. The molecular formula is C28H23BrFN5O3. The Morgan fingerprint density at radius 2 is 1.71 bits per heavy atom. The average Bonchev–Trinajstić information content (AvgIpc) is 3.33. The average molecular weight is 576 g/mol. The van der Waals surface area contributed by atoms with E-state index in [-0.39, 0.29) is 11.5 Å². The van der Waals surface area contributed by atoms with Gasteiger partial charge >= 0.3 is 0 Å². The van der Waals surface area contributed by atoms with Gasteiger partial charge in [-0.05, 0) is 61.0 Å². The van der Waals surface area contributed by atoms with Crippen LogP contribution in [0.3, 0.4) is 0 Å². The Bertz CT molecular complexity index is 1550. The topological polar surface area (TPSA) is 97.3 Å². The summed E-state index contributed by atoms with van der Waals surface area (Å²) in [7, 11) is 1.54. The molecule has 38 heavy (non-hydrogen) atoms. The highest BCUT2D eigenvalue weighted by atomic mass is 79.9. The lowest BCUT2D eigenvalue weighted by atomic mass is 9.94. The molecule has 2 heterocycles. The number of para-hydroxylation sites is 2. The van der Waals surface area contributed by atoms with Crippen molar-refractivity contribution in [2.75, 3.05) is 23.1 Å². The van der Waals surface area contributed by atoms with Gasteiger partial charge in [-0.2, -0.15) is 5.10 Å². The number of benzene rings is 3. The maximum atomic E-state index is 13.7. The van der Waals surface area contributed by atoms with Gasteiger partial charge in [0.2, 0.25) is 0 Å². The summed E-state index contributed by atoms with van der Waals surface area (Å²) < 4.78 is 21.2. The Kier molecular flexibility index (Phi) is 6.97. The molecule has 10 heteroatoms. The lowest BCUT2D eigenvalue weighted by Gasteiger charge is -2.30. The van der Waals surface area contributed by atoms with Crippen LogP contribution in [0.25, 0.3) is 0 Å². The molecule has 3 aromatic carbocycles. The molecule has 1 aliphatic heterocycles. The van der Waals surface area contributed by atoms with E-state index in [0.29, 0.717) is 34.2 Å². The number of hydrogen-bond donors (Lipinski definition) is 3. The number of nitrogens with zero attached hydrogens (tertiary/aromatic N) is 2. The lowest BCUT2D eigenvalue weighted by Crippen LogP contribution is -2.32. The van der Waals surface area contributed by atoms with Crippen molar-refractivity contribution in [3.8, 4) is 5.75 Å². The molecular weight excluding hydrogens is 553 g/mol. The first-order valence-corrected chi connectivity index (χ1v) is 12.5. The van der Waals surface area contributed by atoms with Crippen LogP contribution in [0.5, 0.6) is 5.75 Å². The third kappa shape index (κ3) is 4.90. The molecule has 0 radical (unpaired) electrons. The predicted molar refractivity (Wildman–Crippen MR) is 147 cm³/mol. The number of carbonyl (C=O) groups is 2. The van der Waals surface area contributed by atoms with E-state index in [1.807, 2.05) is 36.4 Å². The second-order valence-corrected chi connectivity index (χ2v) is 9.50. The zero-order valence-corrected chi connectivity index (χ0v) is 22.0. The molecule has 1 aromatic heterocycles. The first-order valence-electron chi connectivity index (χ1n) is 11.7. The molecule has 1 aliphatic rings. The number of rotatable bonds is 6. The molecule has 3 N–H and O–H groups in total. The monoisotopic (exact) mass is 575 g/mol. The minimum Gasteiger partial charge on any atom is -0.495 e. The Morgan fingerprint density at radius 3 is 2.42 bits per heavy atom. The number of hydrogen-bond acceptors (Lipinski definition) is 5. The Hall–Kier alpha value is -4.44. The van der Waals surface area contributed by atoms with Crippen LogP contribution in [0, 0.1) is 5.82 Å². The fraction of sp³-hybridized carbons (Fsp3) is 0.107. The normalized spacial score (nSPS) is 14.4. The van der Waals surface area contributed by atoms with E-state index >= 15 is 0 Å². The van der Waals surface area contributed by atoms with Crippen molar-refractivity contribution in [3.05, 3.63) is 112 Å². The number of carbonyl (C=O) groups excluding carboxylic acids is 2. The molecule has 8 nitrogen and oxygen atoms in total. The van der Waals surface area contributed by atoms with Crippen LogP contribution in [0.1, 0.15) is 28.9 Å². The van der Waals surface area contributed by atoms with Crippen LogP contribution < -0.4 is 20.7 Å². The van der Waals surface area contributed by atoms with E-state index < -0.39 is 17.8 Å². The maximum Gasteiger partial charge on any atom is 0.261 e. The maximum absolute atomic E-state index is 13.7. The highest BCUT2D eigenvalue weighted by Crippen LogP contribution is 2.38. The van der Waals surface area contributed by atoms with Crippen LogP contribution in [0.4, 0.5) is 21.6 Å². The SMILES string of the molecule is COc1ccccc1NC(=O)C1=C(C)Nc2c(C(=O)Nc3ccc(F)cc3)cnn2[C@H]1c1ccc(Br)cc1. The summed E-state index contributed by atoms with van der Waals surface area (Å²) in [5.41, 5.74) is 3.05. The molecule has 0 bridgehead atoms. The van der Waals surface area contributed by atoms with E-state index in [4.69, 9.17) is 4.74 Å². The zero-order chi connectivity index (χ0) is 26.8. The molecule has 4 aromatic rings. The number of allylic oxidation sites excluding steroid dienone is 1. The van der Waals surface area contributed by atoms with E-state index in [0.717, 1.165) is 10.0 Å². The number of amides is 2. The van der Waals surface area contributed by atoms with E-state index in [1.54, 1.807) is 23.7 Å². The van der Waals surface area contributed by atoms with Gasteiger partial charge in [0.25, 0.3) is 11.8 Å². The van der Waals surface area contributed by atoms with Crippen molar-refractivity contribution < 1.29 is 18.7 Å². The highest BCUT2D eigenvalue weighted by Gasteiger charge is 2.35. The number of ether oxygens (including phenoxy) is 1. The summed E-state index contributed by atoms with van der Waals surface area (Å²) >= 11 is 3.46. The number of fused-ring (bicyclic) bond motifs is 1. The number of nitrogens with one attached hydrogen (secondary N) is 3. The molecule has 0 saturated carbocycles. The quantitative estimate of drug-likeness (QED) is 0.263. The van der Waals surface area contributed by atoms with E-state index in [1.165, 1.54) is 37.6 Å². The van der Waals surface area contributed by atoms with E-state index in [9.17, 15) is 14.0 Å². The minimum absolute atomic E-state index is 0.278. The van der Waals surface area contributed by atoms with Gasteiger partial charge in [-0.3, -0.25) is 9.59 Å². The first kappa shape index (κ1) is 25.2. The summed E-state index contributed by atoms with van der Waals surface area (Å²) in [5, 5.41) is 13.4. The molecule has 0 saturated heterocycles. The Balaban J connectivity index is 1.54. The summed E-state index contributed by atoms with van der Waals surface area (Å²) in [5.74, 6) is -0.198. The molecule has 0 unspecified atom stereocenters. The fourth-order valence-corrected chi connectivity index (χ4v) is 4.60. The van der Waals surface area contributed by atoms with Crippen LogP contribution in [0.15, 0.2) is 94.7 Å². The number of anilines is 3. The highest BCUT2D eigenvalue weighted by molar-refractivity contribution is 9.10. The molecule has 192 valence electrons. The van der Waals surface area contributed by atoms with Gasteiger partial charge in [0.1, 0.15) is 29.0 Å². The largest absolute Gasteiger partial charge is 0.495 e. The van der Waals surface area contributed by atoms with Gasteiger partial charge in [-0.25, -0.2) is 9.07 Å². The van der Waals surface area contributed by atoms with Gasteiger partial charge in [0.15, 0.2) is 0 Å². The predicted octanol–water partition coefficient (Wildman–Crippen LogP) is 5.97. The van der Waals surface area contributed by atoms with Crippen LogP contribution >= 0.6 is 15.9 Å². The van der Waals surface area contributed by atoms with Crippen LogP contribution in [0.2, 0.25) is 0 Å². The summed E-state index contributed by atoms with van der Waals surface area (Å²) in [4.78, 5) is 26.8. The van der Waals surface area contributed by atoms with E-state index in [2.05, 4.69) is 37.0 Å². The standard InChI is InChI=1S/C28H23BrFN5O3/c1-16-24(28(37)34-22-5-3-4-6-23(22)38-2)25(17-7-9-18(29)10-8-17)35-26(32-16)21(15-31-35)27(36)33-20-13-11-19(30)12-14-20/h3-15,25,32H,1-2H3,(H,33,36)(H,34,37)/t25-/m0/s1. The van der Waals surface area contributed by atoms with Crippen molar-refractivity contribution in [1.82, 2.24) is 9.78 Å². The van der Waals surface area contributed by atoms with Gasteiger partial charge in [-0.15, -0.1) is 0 Å². The molecule has 1 atom stereocenters.